The Morgan fingerprint density at radius 1 is 1.35 bits per heavy atom. The van der Waals surface area contributed by atoms with Crippen molar-refractivity contribution in [1.29, 1.82) is 0 Å². The lowest BCUT2D eigenvalue weighted by molar-refractivity contribution is -0.138. The van der Waals surface area contributed by atoms with E-state index in [1.165, 1.54) is 12.8 Å². The number of aliphatic carboxylic acids is 1. The molecule has 2 rings (SSSR count). The number of rotatable bonds is 9. The fourth-order valence-corrected chi connectivity index (χ4v) is 2.17. The van der Waals surface area contributed by atoms with Gasteiger partial charge in [0.05, 0.1) is 13.2 Å². The van der Waals surface area contributed by atoms with Crippen LogP contribution in [0.3, 0.4) is 0 Å². The summed E-state index contributed by atoms with van der Waals surface area (Å²) >= 11 is 0. The number of carbonyl (C=O) groups is 1. The molecule has 1 saturated carbocycles. The Morgan fingerprint density at radius 2 is 2.05 bits per heavy atom. The van der Waals surface area contributed by atoms with Crippen molar-refractivity contribution in [2.45, 2.75) is 32.7 Å². The molecule has 1 fully saturated rings. The fraction of sp³-hybridized carbons (Fsp3) is 0.562. The molecule has 110 valence electrons. The van der Waals surface area contributed by atoms with Crippen LogP contribution >= 0.6 is 0 Å². The second kappa shape index (κ2) is 7.29. The molecule has 20 heavy (non-hydrogen) atoms. The second-order valence-electron chi connectivity index (χ2n) is 5.50. The van der Waals surface area contributed by atoms with Crippen LogP contribution in [0.25, 0.3) is 0 Å². The second-order valence-corrected chi connectivity index (χ2v) is 5.50. The number of nitrogens with zero attached hydrogens (tertiary/aromatic N) is 1. The van der Waals surface area contributed by atoms with Gasteiger partial charge in [0.1, 0.15) is 5.75 Å². The monoisotopic (exact) mass is 277 g/mol. The van der Waals surface area contributed by atoms with Crippen LogP contribution in [0.5, 0.6) is 5.75 Å². The van der Waals surface area contributed by atoms with E-state index in [0.717, 1.165) is 36.8 Å². The number of hydrogen-bond acceptors (Lipinski definition) is 3. The van der Waals surface area contributed by atoms with E-state index in [4.69, 9.17) is 9.84 Å². The van der Waals surface area contributed by atoms with Crippen LogP contribution in [0, 0.1) is 5.92 Å². The minimum absolute atomic E-state index is 0.0910. The maximum absolute atomic E-state index is 10.8. The van der Waals surface area contributed by atoms with Gasteiger partial charge in [0.15, 0.2) is 0 Å². The summed E-state index contributed by atoms with van der Waals surface area (Å²) < 4.78 is 5.69. The predicted molar refractivity (Wildman–Crippen MR) is 77.9 cm³/mol. The summed E-state index contributed by atoms with van der Waals surface area (Å²) in [5.41, 5.74) is 1.12. The number of carboxylic acid groups (broad SMARTS) is 1. The van der Waals surface area contributed by atoms with Gasteiger partial charge >= 0.3 is 5.97 Å². The average Bonchev–Trinajstić information content (AvgIpc) is 3.21. The number of ether oxygens (including phenoxy) is 1. The number of benzene rings is 1. The molecule has 0 saturated heterocycles. The Hall–Kier alpha value is -1.55. The number of hydrogen-bond donors (Lipinski definition) is 1. The molecule has 0 aromatic heterocycles. The highest BCUT2D eigenvalue weighted by atomic mass is 16.5. The average molecular weight is 277 g/mol. The molecule has 1 aliphatic rings. The van der Waals surface area contributed by atoms with Crippen LogP contribution in [-0.2, 0) is 11.3 Å². The van der Waals surface area contributed by atoms with Gasteiger partial charge in [-0.2, -0.15) is 0 Å². The molecule has 1 aromatic rings. The van der Waals surface area contributed by atoms with E-state index in [-0.39, 0.29) is 6.54 Å². The van der Waals surface area contributed by atoms with Gasteiger partial charge < -0.3 is 9.84 Å². The summed E-state index contributed by atoms with van der Waals surface area (Å²) in [6.07, 6.45) is 3.54. The molecule has 0 aliphatic heterocycles. The standard InChI is InChI=1S/C16H23NO3/c1-2-9-17(11-16(18)19)10-13-5-7-15(8-6-13)20-12-14-3-4-14/h5-8,14H,2-4,9-12H2,1H3,(H,18,19). The first-order chi connectivity index (χ1) is 9.67. The summed E-state index contributed by atoms with van der Waals surface area (Å²) in [5, 5.41) is 8.90. The highest BCUT2D eigenvalue weighted by Crippen LogP contribution is 2.29. The zero-order chi connectivity index (χ0) is 14.4. The van der Waals surface area contributed by atoms with Crippen molar-refractivity contribution >= 4 is 5.97 Å². The number of carboxylic acids is 1. The Bertz CT molecular complexity index is 426. The molecular weight excluding hydrogens is 254 g/mol. The summed E-state index contributed by atoms with van der Waals surface area (Å²) in [5.74, 6) is 0.883. The molecule has 1 aromatic carbocycles. The van der Waals surface area contributed by atoms with Crippen molar-refractivity contribution in [3.05, 3.63) is 29.8 Å². The molecule has 0 atom stereocenters. The molecule has 4 nitrogen and oxygen atoms in total. The smallest absolute Gasteiger partial charge is 0.317 e. The summed E-state index contributed by atoms with van der Waals surface area (Å²) in [6, 6.07) is 7.99. The van der Waals surface area contributed by atoms with Crippen molar-refractivity contribution in [1.82, 2.24) is 4.90 Å². The zero-order valence-electron chi connectivity index (χ0n) is 12.0. The van der Waals surface area contributed by atoms with Gasteiger partial charge in [-0.3, -0.25) is 9.69 Å². The van der Waals surface area contributed by atoms with Gasteiger partial charge in [0.2, 0.25) is 0 Å². The van der Waals surface area contributed by atoms with Crippen LogP contribution in [0.1, 0.15) is 31.7 Å². The highest BCUT2D eigenvalue weighted by molar-refractivity contribution is 5.69. The molecule has 0 radical (unpaired) electrons. The van der Waals surface area contributed by atoms with Gasteiger partial charge in [-0.25, -0.2) is 0 Å². The van der Waals surface area contributed by atoms with Gasteiger partial charge in [-0.1, -0.05) is 19.1 Å². The van der Waals surface area contributed by atoms with Gasteiger partial charge in [-0.05, 0) is 49.4 Å². The largest absolute Gasteiger partial charge is 0.493 e. The van der Waals surface area contributed by atoms with Gasteiger partial charge in [0, 0.05) is 6.54 Å². The third-order valence-corrected chi connectivity index (χ3v) is 3.41. The molecule has 0 heterocycles. The fourth-order valence-electron chi connectivity index (χ4n) is 2.17. The molecular formula is C16H23NO3. The maximum Gasteiger partial charge on any atom is 0.317 e. The van der Waals surface area contributed by atoms with Crippen molar-refractivity contribution in [3.8, 4) is 5.75 Å². The Balaban J connectivity index is 1.84. The SMILES string of the molecule is CCCN(CC(=O)O)Cc1ccc(OCC2CC2)cc1. The van der Waals surface area contributed by atoms with Crippen LogP contribution in [-0.4, -0.2) is 35.7 Å². The predicted octanol–water partition coefficient (Wildman–Crippen LogP) is 2.77. The lowest BCUT2D eigenvalue weighted by Crippen LogP contribution is -2.30. The minimum atomic E-state index is -0.775. The lowest BCUT2D eigenvalue weighted by Gasteiger charge is -2.19. The molecule has 0 amide bonds. The topological polar surface area (TPSA) is 49.8 Å². The van der Waals surface area contributed by atoms with Crippen LogP contribution < -0.4 is 4.74 Å². The van der Waals surface area contributed by atoms with E-state index in [9.17, 15) is 4.79 Å². The summed E-state index contributed by atoms with van der Waals surface area (Å²) in [6.45, 7) is 4.44. The third kappa shape index (κ3) is 5.21. The zero-order valence-corrected chi connectivity index (χ0v) is 12.0. The first-order valence-corrected chi connectivity index (χ1v) is 7.33. The molecule has 1 aliphatic carbocycles. The first kappa shape index (κ1) is 14.9. The van der Waals surface area contributed by atoms with Crippen molar-refractivity contribution < 1.29 is 14.6 Å². The van der Waals surface area contributed by atoms with Gasteiger partial charge in [0.25, 0.3) is 0 Å². The van der Waals surface area contributed by atoms with Crippen LogP contribution in [0.4, 0.5) is 0 Å². The van der Waals surface area contributed by atoms with Crippen LogP contribution in [0.15, 0.2) is 24.3 Å². The Labute approximate surface area is 120 Å². The van der Waals surface area contributed by atoms with Crippen LogP contribution in [0.2, 0.25) is 0 Å². The normalized spacial score (nSPS) is 14.5. The molecule has 4 heteroatoms. The summed E-state index contributed by atoms with van der Waals surface area (Å²) in [4.78, 5) is 12.8. The summed E-state index contributed by atoms with van der Waals surface area (Å²) in [7, 11) is 0. The molecule has 0 unspecified atom stereocenters. The first-order valence-electron chi connectivity index (χ1n) is 7.33. The van der Waals surface area contributed by atoms with E-state index in [1.54, 1.807) is 0 Å². The maximum atomic E-state index is 10.8. The van der Waals surface area contributed by atoms with E-state index >= 15 is 0 Å². The lowest BCUT2D eigenvalue weighted by atomic mass is 10.2. The molecule has 0 spiro atoms. The van der Waals surface area contributed by atoms with E-state index < -0.39 is 5.97 Å². The van der Waals surface area contributed by atoms with Crippen molar-refractivity contribution in [3.63, 3.8) is 0 Å². The third-order valence-electron chi connectivity index (χ3n) is 3.41. The van der Waals surface area contributed by atoms with Crippen molar-refractivity contribution in [2.24, 2.45) is 5.92 Å². The Morgan fingerprint density at radius 3 is 2.60 bits per heavy atom. The van der Waals surface area contributed by atoms with E-state index in [1.807, 2.05) is 29.2 Å². The van der Waals surface area contributed by atoms with Gasteiger partial charge in [-0.15, -0.1) is 0 Å². The highest BCUT2D eigenvalue weighted by Gasteiger charge is 2.21. The minimum Gasteiger partial charge on any atom is -0.493 e. The van der Waals surface area contributed by atoms with E-state index in [0.29, 0.717) is 6.54 Å². The van der Waals surface area contributed by atoms with Crippen molar-refractivity contribution in [2.75, 3.05) is 19.7 Å². The Kier molecular flexibility index (Phi) is 5.41. The molecule has 0 bridgehead atoms. The molecule has 1 N–H and O–H groups in total. The van der Waals surface area contributed by atoms with E-state index in [2.05, 4.69) is 6.92 Å². The quantitative estimate of drug-likeness (QED) is 0.754.